The van der Waals surface area contributed by atoms with Crippen molar-refractivity contribution in [1.29, 1.82) is 0 Å². The summed E-state index contributed by atoms with van der Waals surface area (Å²) in [6.07, 6.45) is 1.27. The number of carbonyl (C=O) groups excluding carboxylic acids is 1. The molecular formula is C25H29N3O3. The molecule has 162 valence electrons. The second-order valence-electron chi connectivity index (χ2n) is 8.56. The van der Waals surface area contributed by atoms with Crippen LogP contribution >= 0.6 is 0 Å². The number of hydrogen-bond acceptors (Lipinski definition) is 3. The second kappa shape index (κ2) is 9.16. The highest BCUT2D eigenvalue weighted by Gasteiger charge is 2.23. The quantitative estimate of drug-likeness (QED) is 0.555. The van der Waals surface area contributed by atoms with E-state index in [4.69, 9.17) is 5.11 Å². The van der Waals surface area contributed by atoms with Crippen LogP contribution in [0.15, 0.2) is 54.6 Å². The first-order valence-electron chi connectivity index (χ1n) is 10.5. The molecule has 1 amide bonds. The molecule has 0 bridgehead atoms. The smallest absolute Gasteiger partial charge is 0.303 e. The monoisotopic (exact) mass is 419 g/mol. The number of carbonyl (C=O) groups is 2. The first-order chi connectivity index (χ1) is 14.7. The van der Waals surface area contributed by atoms with Crippen LogP contribution in [0.5, 0.6) is 0 Å². The van der Waals surface area contributed by atoms with Gasteiger partial charge in [-0.05, 0) is 62.4 Å². The van der Waals surface area contributed by atoms with Crippen LogP contribution in [-0.2, 0) is 23.2 Å². The highest BCUT2D eigenvalue weighted by Crippen LogP contribution is 2.27. The lowest BCUT2D eigenvalue weighted by Crippen LogP contribution is -2.25. The number of carboxylic acids is 1. The number of amides is 1. The highest BCUT2D eigenvalue weighted by molar-refractivity contribution is 6.04. The fourth-order valence-electron chi connectivity index (χ4n) is 3.47. The number of nitrogens with one attached hydrogen (secondary N) is 1. The Hall–Kier alpha value is -3.41. The summed E-state index contributed by atoms with van der Waals surface area (Å²) in [4.78, 5) is 23.9. The van der Waals surface area contributed by atoms with E-state index in [0.29, 0.717) is 12.1 Å². The normalized spacial score (nSPS) is 11.4. The van der Waals surface area contributed by atoms with Crippen LogP contribution in [0.1, 0.15) is 55.7 Å². The largest absolute Gasteiger partial charge is 0.481 e. The SMILES string of the molecule is CCc1cc(CCC(=O)O)ccc1NC(=O)c1cc(-c2ccccc2)n(C(C)(C)C)n1. The zero-order valence-electron chi connectivity index (χ0n) is 18.5. The summed E-state index contributed by atoms with van der Waals surface area (Å²) in [5.74, 6) is -1.09. The summed E-state index contributed by atoms with van der Waals surface area (Å²) in [7, 11) is 0. The lowest BCUT2D eigenvalue weighted by atomic mass is 10.0. The predicted octanol–water partition coefficient (Wildman–Crippen LogP) is 5.14. The molecule has 0 aliphatic heterocycles. The maximum Gasteiger partial charge on any atom is 0.303 e. The lowest BCUT2D eigenvalue weighted by molar-refractivity contribution is -0.136. The van der Waals surface area contributed by atoms with Crippen molar-refractivity contribution in [2.75, 3.05) is 5.32 Å². The molecule has 3 aromatic rings. The van der Waals surface area contributed by atoms with Crippen molar-refractivity contribution in [3.8, 4) is 11.3 Å². The first-order valence-corrected chi connectivity index (χ1v) is 10.5. The average Bonchev–Trinajstić information content (AvgIpc) is 3.20. The third-order valence-electron chi connectivity index (χ3n) is 5.07. The summed E-state index contributed by atoms with van der Waals surface area (Å²) in [5.41, 5.74) is 4.59. The molecule has 1 heterocycles. The van der Waals surface area contributed by atoms with E-state index in [0.717, 1.165) is 34.5 Å². The number of benzene rings is 2. The summed E-state index contributed by atoms with van der Waals surface area (Å²) >= 11 is 0. The molecule has 1 aromatic heterocycles. The molecule has 3 rings (SSSR count). The van der Waals surface area contributed by atoms with Gasteiger partial charge in [0.05, 0.1) is 11.2 Å². The fourth-order valence-corrected chi connectivity index (χ4v) is 3.47. The molecule has 0 saturated heterocycles. The van der Waals surface area contributed by atoms with E-state index in [9.17, 15) is 9.59 Å². The Morgan fingerprint density at radius 1 is 1.06 bits per heavy atom. The molecule has 6 heteroatoms. The van der Waals surface area contributed by atoms with Gasteiger partial charge in [0.2, 0.25) is 0 Å². The third kappa shape index (κ3) is 5.40. The maximum absolute atomic E-state index is 13.0. The highest BCUT2D eigenvalue weighted by atomic mass is 16.4. The average molecular weight is 420 g/mol. The fraction of sp³-hybridized carbons (Fsp3) is 0.320. The minimum absolute atomic E-state index is 0.0847. The molecule has 0 aliphatic carbocycles. The van der Waals surface area contributed by atoms with E-state index in [1.165, 1.54) is 0 Å². The number of aryl methyl sites for hydroxylation is 2. The summed E-state index contributed by atoms with van der Waals surface area (Å²) in [6.45, 7) is 8.17. The predicted molar refractivity (Wildman–Crippen MR) is 122 cm³/mol. The van der Waals surface area contributed by atoms with Gasteiger partial charge in [-0.2, -0.15) is 5.10 Å². The van der Waals surface area contributed by atoms with E-state index in [1.54, 1.807) is 0 Å². The topological polar surface area (TPSA) is 84.2 Å². The van der Waals surface area contributed by atoms with E-state index < -0.39 is 5.97 Å². The standard InChI is InChI=1S/C25H29N3O3/c1-5-18-15-17(12-14-23(29)30)11-13-20(18)26-24(31)21-16-22(19-9-7-6-8-10-19)28(27-21)25(2,3)4/h6-11,13,15-16H,5,12,14H2,1-4H3,(H,26,31)(H,29,30). The van der Waals surface area contributed by atoms with E-state index in [2.05, 4.69) is 31.2 Å². The zero-order chi connectivity index (χ0) is 22.6. The number of nitrogens with zero attached hydrogens (tertiary/aromatic N) is 2. The zero-order valence-corrected chi connectivity index (χ0v) is 18.5. The molecule has 31 heavy (non-hydrogen) atoms. The molecule has 6 nitrogen and oxygen atoms in total. The van der Waals surface area contributed by atoms with Crippen molar-refractivity contribution in [2.24, 2.45) is 0 Å². The van der Waals surface area contributed by atoms with Crippen molar-refractivity contribution < 1.29 is 14.7 Å². The third-order valence-corrected chi connectivity index (χ3v) is 5.07. The Balaban J connectivity index is 1.88. The number of rotatable bonds is 7. The van der Waals surface area contributed by atoms with Crippen LogP contribution in [0, 0.1) is 0 Å². The Morgan fingerprint density at radius 3 is 2.39 bits per heavy atom. The van der Waals surface area contributed by atoms with E-state index in [1.807, 2.05) is 66.2 Å². The maximum atomic E-state index is 13.0. The van der Waals surface area contributed by atoms with Crippen LogP contribution in [0.3, 0.4) is 0 Å². The number of carboxylic acid groups (broad SMARTS) is 1. The first kappa shape index (κ1) is 22.3. The van der Waals surface area contributed by atoms with Crippen molar-refractivity contribution in [3.63, 3.8) is 0 Å². The minimum atomic E-state index is -0.820. The van der Waals surface area contributed by atoms with Crippen LogP contribution in [0.2, 0.25) is 0 Å². The van der Waals surface area contributed by atoms with Crippen LogP contribution in [0.4, 0.5) is 5.69 Å². The van der Waals surface area contributed by atoms with Gasteiger partial charge in [0.1, 0.15) is 0 Å². The Kier molecular flexibility index (Phi) is 6.59. The molecule has 2 N–H and O–H groups in total. The van der Waals surface area contributed by atoms with Gasteiger partial charge in [-0.1, -0.05) is 49.4 Å². The molecular weight excluding hydrogens is 390 g/mol. The van der Waals surface area contributed by atoms with Gasteiger partial charge in [0.15, 0.2) is 5.69 Å². The number of hydrogen-bond donors (Lipinski definition) is 2. The molecule has 0 radical (unpaired) electrons. The Morgan fingerprint density at radius 2 is 1.77 bits per heavy atom. The number of aliphatic carboxylic acids is 1. The van der Waals surface area contributed by atoms with Crippen molar-refractivity contribution in [1.82, 2.24) is 9.78 Å². The number of anilines is 1. The van der Waals surface area contributed by atoms with Gasteiger partial charge < -0.3 is 10.4 Å². The molecule has 0 fully saturated rings. The van der Waals surface area contributed by atoms with Gasteiger partial charge in [0, 0.05) is 12.1 Å². The summed E-state index contributed by atoms with van der Waals surface area (Å²) in [6, 6.07) is 17.4. The molecule has 0 spiro atoms. The van der Waals surface area contributed by atoms with E-state index in [-0.39, 0.29) is 17.9 Å². The van der Waals surface area contributed by atoms with Crippen LogP contribution in [0.25, 0.3) is 11.3 Å². The van der Waals surface area contributed by atoms with Gasteiger partial charge in [0.25, 0.3) is 5.91 Å². The molecule has 0 atom stereocenters. The molecule has 0 aliphatic rings. The number of aromatic nitrogens is 2. The van der Waals surface area contributed by atoms with Gasteiger partial charge in [-0.25, -0.2) is 0 Å². The molecule has 0 saturated carbocycles. The molecule has 0 unspecified atom stereocenters. The van der Waals surface area contributed by atoms with Crippen LogP contribution < -0.4 is 5.32 Å². The van der Waals surface area contributed by atoms with Crippen molar-refractivity contribution in [2.45, 2.75) is 52.5 Å². The molecule has 2 aromatic carbocycles. The van der Waals surface area contributed by atoms with Gasteiger partial charge in [-0.15, -0.1) is 0 Å². The van der Waals surface area contributed by atoms with Crippen molar-refractivity contribution in [3.05, 3.63) is 71.4 Å². The summed E-state index contributed by atoms with van der Waals surface area (Å²) in [5, 5.41) is 16.5. The van der Waals surface area contributed by atoms with E-state index >= 15 is 0 Å². The second-order valence-corrected chi connectivity index (χ2v) is 8.56. The Labute approximate surface area is 182 Å². The Bertz CT molecular complexity index is 1080. The lowest BCUT2D eigenvalue weighted by Gasteiger charge is -2.22. The van der Waals surface area contributed by atoms with Crippen molar-refractivity contribution >= 4 is 17.6 Å². The summed E-state index contributed by atoms with van der Waals surface area (Å²) < 4.78 is 1.88. The van der Waals surface area contributed by atoms with Gasteiger partial charge >= 0.3 is 5.97 Å². The van der Waals surface area contributed by atoms with Gasteiger partial charge in [-0.3, -0.25) is 14.3 Å². The minimum Gasteiger partial charge on any atom is -0.481 e. The van der Waals surface area contributed by atoms with Crippen LogP contribution in [-0.4, -0.2) is 26.8 Å².